The highest BCUT2D eigenvalue weighted by molar-refractivity contribution is 7.09. The van der Waals surface area contributed by atoms with Crippen LogP contribution in [-0.2, 0) is 11.8 Å². The fraction of sp³-hybridized carbons (Fsp3) is 0.579. The van der Waals surface area contributed by atoms with Crippen molar-refractivity contribution in [1.29, 1.82) is 0 Å². The van der Waals surface area contributed by atoms with Crippen LogP contribution in [0.5, 0.6) is 0 Å². The molecule has 1 unspecified atom stereocenters. The Morgan fingerprint density at radius 1 is 1.36 bits per heavy atom. The first-order valence-corrected chi connectivity index (χ1v) is 9.73. The molecule has 0 saturated heterocycles. The molecule has 0 aliphatic carbocycles. The van der Waals surface area contributed by atoms with Crippen molar-refractivity contribution in [3.05, 3.63) is 39.7 Å². The summed E-state index contributed by atoms with van der Waals surface area (Å²) in [5.74, 6) is 2.64. The van der Waals surface area contributed by atoms with Crippen molar-refractivity contribution in [3.8, 4) is 0 Å². The summed E-state index contributed by atoms with van der Waals surface area (Å²) in [6, 6.07) is 4.05. The predicted octanol–water partition coefficient (Wildman–Crippen LogP) is 4.20. The number of aliphatic imine (C=N–C) groups is 1. The Morgan fingerprint density at radius 3 is 2.68 bits per heavy atom. The van der Waals surface area contributed by atoms with E-state index in [2.05, 4.69) is 55.6 Å². The SMILES string of the molecule is CCNC(=NCCc1nc(C(C)(C)C)cs1)NC(C)c1ccc(C)o1. The third-order valence-corrected chi connectivity index (χ3v) is 4.71. The summed E-state index contributed by atoms with van der Waals surface area (Å²) in [6.45, 7) is 14.2. The van der Waals surface area contributed by atoms with E-state index in [-0.39, 0.29) is 11.5 Å². The number of rotatable bonds is 6. The summed E-state index contributed by atoms with van der Waals surface area (Å²) in [7, 11) is 0. The van der Waals surface area contributed by atoms with Crippen molar-refractivity contribution in [2.75, 3.05) is 13.1 Å². The largest absolute Gasteiger partial charge is 0.464 e. The number of guanidine groups is 1. The van der Waals surface area contributed by atoms with Crippen LogP contribution in [0.4, 0.5) is 0 Å². The Labute approximate surface area is 155 Å². The van der Waals surface area contributed by atoms with E-state index in [1.807, 2.05) is 19.1 Å². The second kappa shape index (κ2) is 8.52. The average Bonchev–Trinajstić information content (AvgIpc) is 3.16. The molecule has 0 spiro atoms. The lowest BCUT2D eigenvalue weighted by molar-refractivity contribution is 0.441. The van der Waals surface area contributed by atoms with E-state index in [4.69, 9.17) is 9.40 Å². The Morgan fingerprint density at radius 2 is 2.12 bits per heavy atom. The maximum Gasteiger partial charge on any atom is 0.191 e. The third-order valence-electron chi connectivity index (χ3n) is 3.80. The van der Waals surface area contributed by atoms with Gasteiger partial charge in [0, 0.05) is 30.3 Å². The van der Waals surface area contributed by atoms with Crippen LogP contribution >= 0.6 is 11.3 Å². The summed E-state index contributed by atoms with van der Waals surface area (Å²) in [4.78, 5) is 9.40. The first-order chi connectivity index (χ1) is 11.8. The molecule has 2 rings (SSSR count). The number of nitrogens with one attached hydrogen (secondary N) is 2. The van der Waals surface area contributed by atoms with E-state index in [0.29, 0.717) is 6.54 Å². The van der Waals surface area contributed by atoms with Crippen LogP contribution in [0, 0.1) is 6.92 Å². The van der Waals surface area contributed by atoms with E-state index in [1.165, 1.54) is 0 Å². The fourth-order valence-corrected chi connectivity index (χ4v) is 3.33. The molecule has 0 fully saturated rings. The topological polar surface area (TPSA) is 62.5 Å². The molecular formula is C19H30N4OS. The predicted molar refractivity (Wildman–Crippen MR) is 105 cm³/mol. The zero-order valence-electron chi connectivity index (χ0n) is 16.1. The van der Waals surface area contributed by atoms with Crippen LogP contribution in [0.15, 0.2) is 26.9 Å². The minimum absolute atomic E-state index is 0.0684. The zero-order valence-corrected chi connectivity index (χ0v) is 17.0. The lowest BCUT2D eigenvalue weighted by Gasteiger charge is -2.16. The van der Waals surface area contributed by atoms with Gasteiger partial charge in [-0.25, -0.2) is 4.98 Å². The lowest BCUT2D eigenvalue weighted by Crippen LogP contribution is -2.38. The second-order valence-electron chi connectivity index (χ2n) is 7.20. The molecule has 0 aliphatic rings. The van der Waals surface area contributed by atoms with Gasteiger partial charge in [0.15, 0.2) is 5.96 Å². The Balaban J connectivity index is 1.94. The molecule has 2 heterocycles. The summed E-state index contributed by atoms with van der Waals surface area (Å²) in [6.07, 6.45) is 0.853. The highest BCUT2D eigenvalue weighted by atomic mass is 32.1. The number of furan rings is 1. The average molecular weight is 363 g/mol. The second-order valence-corrected chi connectivity index (χ2v) is 8.14. The third kappa shape index (κ3) is 5.88. The molecule has 2 aromatic rings. The van der Waals surface area contributed by atoms with Gasteiger partial charge in [0.25, 0.3) is 0 Å². The van der Waals surface area contributed by atoms with E-state index >= 15 is 0 Å². The minimum atomic E-state index is 0.0684. The van der Waals surface area contributed by atoms with Gasteiger partial charge in [0.1, 0.15) is 11.5 Å². The van der Waals surface area contributed by atoms with Crippen LogP contribution in [0.2, 0.25) is 0 Å². The summed E-state index contributed by atoms with van der Waals surface area (Å²) < 4.78 is 5.68. The molecule has 0 aromatic carbocycles. The van der Waals surface area contributed by atoms with Gasteiger partial charge in [-0.15, -0.1) is 11.3 Å². The zero-order chi connectivity index (χ0) is 18.4. The molecule has 0 aliphatic heterocycles. The minimum Gasteiger partial charge on any atom is -0.464 e. The first-order valence-electron chi connectivity index (χ1n) is 8.85. The summed E-state index contributed by atoms with van der Waals surface area (Å²) in [5, 5.41) is 9.97. The summed E-state index contributed by atoms with van der Waals surface area (Å²) >= 11 is 1.72. The van der Waals surface area contributed by atoms with Crippen molar-refractivity contribution in [2.45, 2.75) is 59.4 Å². The van der Waals surface area contributed by atoms with E-state index in [9.17, 15) is 0 Å². The number of hydrogen-bond donors (Lipinski definition) is 2. The van der Waals surface area contributed by atoms with Crippen molar-refractivity contribution >= 4 is 17.3 Å². The van der Waals surface area contributed by atoms with E-state index in [1.54, 1.807) is 11.3 Å². The van der Waals surface area contributed by atoms with Crippen LogP contribution in [-0.4, -0.2) is 24.0 Å². The lowest BCUT2D eigenvalue weighted by atomic mass is 9.93. The molecule has 2 aromatic heterocycles. The van der Waals surface area contributed by atoms with E-state index in [0.717, 1.165) is 41.1 Å². The van der Waals surface area contributed by atoms with Crippen molar-refractivity contribution in [2.24, 2.45) is 4.99 Å². The van der Waals surface area contributed by atoms with Crippen LogP contribution in [0.1, 0.15) is 62.9 Å². The van der Waals surface area contributed by atoms with Crippen molar-refractivity contribution in [3.63, 3.8) is 0 Å². The molecule has 0 bridgehead atoms. The maximum atomic E-state index is 5.68. The number of nitrogens with zero attached hydrogens (tertiary/aromatic N) is 2. The van der Waals surface area contributed by atoms with Crippen LogP contribution in [0.3, 0.4) is 0 Å². The van der Waals surface area contributed by atoms with Crippen molar-refractivity contribution < 1.29 is 4.42 Å². The molecule has 25 heavy (non-hydrogen) atoms. The van der Waals surface area contributed by atoms with Gasteiger partial charge < -0.3 is 15.1 Å². The standard InChI is InChI=1S/C19H30N4OS/c1-7-20-18(22-14(3)15-9-8-13(2)24-15)21-11-10-17-23-16(12-25-17)19(4,5)6/h8-9,12,14H,7,10-11H2,1-6H3,(H2,20,21,22). The van der Waals surface area contributed by atoms with Gasteiger partial charge in [-0.2, -0.15) is 0 Å². The molecule has 0 radical (unpaired) electrons. The molecule has 2 N–H and O–H groups in total. The molecule has 5 nitrogen and oxygen atoms in total. The molecule has 6 heteroatoms. The quantitative estimate of drug-likeness (QED) is 0.597. The smallest absolute Gasteiger partial charge is 0.191 e. The Kier molecular flexibility index (Phi) is 6.64. The number of thiazole rings is 1. The molecule has 1 atom stereocenters. The number of aryl methyl sites for hydroxylation is 1. The van der Waals surface area contributed by atoms with Gasteiger partial charge >= 0.3 is 0 Å². The van der Waals surface area contributed by atoms with Gasteiger partial charge in [-0.1, -0.05) is 20.8 Å². The fourth-order valence-electron chi connectivity index (χ4n) is 2.32. The maximum absolute atomic E-state index is 5.68. The number of hydrogen-bond acceptors (Lipinski definition) is 4. The first kappa shape index (κ1) is 19.5. The van der Waals surface area contributed by atoms with Crippen molar-refractivity contribution in [1.82, 2.24) is 15.6 Å². The van der Waals surface area contributed by atoms with Crippen LogP contribution < -0.4 is 10.6 Å². The Bertz CT molecular complexity index is 696. The normalized spacial score (nSPS) is 13.8. The Hall–Kier alpha value is -1.82. The molecule has 0 amide bonds. The van der Waals surface area contributed by atoms with Crippen LogP contribution in [0.25, 0.3) is 0 Å². The molecule has 0 saturated carbocycles. The van der Waals surface area contributed by atoms with Gasteiger partial charge in [-0.3, -0.25) is 4.99 Å². The van der Waals surface area contributed by atoms with E-state index < -0.39 is 0 Å². The number of aromatic nitrogens is 1. The molecule has 138 valence electrons. The summed E-state index contributed by atoms with van der Waals surface area (Å²) in [5.41, 5.74) is 1.26. The van der Waals surface area contributed by atoms with Gasteiger partial charge in [-0.05, 0) is 32.9 Å². The van der Waals surface area contributed by atoms with Gasteiger partial charge in [0.2, 0.25) is 0 Å². The highest BCUT2D eigenvalue weighted by Crippen LogP contribution is 2.24. The highest BCUT2D eigenvalue weighted by Gasteiger charge is 2.17. The monoisotopic (exact) mass is 362 g/mol. The molecular weight excluding hydrogens is 332 g/mol. The van der Waals surface area contributed by atoms with Gasteiger partial charge in [0.05, 0.1) is 16.7 Å².